The topological polar surface area (TPSA) is 67.4 Å². The van der Waals surface area contributed by atoms with E-state index in [1.165, 1.54) is 0 Å². The van der Waals surface area contributed by atoms with E-state index >= 15 is 0 Å². The molecule has 2 amide bonds. The van der Waals surface area contributed by atoms with Crippen LogP contribution in [0, 0.1) is 0 Å². The third kappa shape index (κ3) is 8.34. The van der Waals surface area contributed by atoms with E-state index < -0.39 is 11.7 Å². The van der Waals surface area contributed by atoms with E-state index in [1.54, 1.807) is 20.8 Å². The fourth-order valence-electron chi connectivity index (χ4n) is 1.57. The molecule has 0 unspecified atom stereocenters. The number of rotatable bonds is 5. The average Bonchev–Trinajstić information content (AvgIpc) is 2.34. The van der Waals surface area contributed by atoms with Crippen LogP contribution in [0.25, 0.3) is 0 Å². The lowest BCUT2D eigenvalue weighted by atomic mass is 10.1. The third-order valence-electron chi connectivity index (χ3n) is 2.42. The highest BCUT2D eigenvalue weighted by Gasteiger charge is 2.16. The van der Waals surface area contributed by atoms with Crippen molar-refractivity contribution in [1.82, 2.24) is 10.6 Å². The van der Waals surface area contributed by atoms with Gasteiger partial charge in [-0.25, -0.2) is 4.79 Å². The fraction of sp³-hybridized carbons (Fsp3) is 0.467. The maximum Gasteiger partial charge on any atom is 0.408 e. The molecule has 0 aliphatic rings. The highest BCUT2D eigenvalue weighted by Crippen LogP contribution is 2.11. The van der Waals surface area contributed by atoms with E-state index in [0.29, 0.717) is 6.54 Å². The van der Waals surface area contributed by atoms with Crippen molar-refractivity contribution in [1.29, 1.82) is 0 Å². The summed E-state index contributed by atoms with van der Waals surface area (Å²) < 4.78 is 6.05. The smallest absolute Gasteiger partial charge is 0.408 e. The molecular formula is C15H21BrN2O3. The standard InChI is InChI=1S/C15H21BrN2O3/c1-15(2,3)21-14(20)18-10-13(19)17-8-7-11-5-4-6-12(16)9-11/h4-6,9H,7-8,10H2,1-3H3,(H,17,19)(H,18,20). The van der Waals surface area contributed by atoms with Crippen LogP contribution in [0.1, 0.15) is 26.3 Å². The second-order valence-corrected chi connectivity index (χ2v) is 6.50. The summed E-state index contributed by atoms with van der Waals surface area (Å²) >= 11 is 3.40. The van der Waals surface area contributed by atoms with Crippen molar-refractivity contribution in [2.75, 3.05) is 13.1 Å². The molecule has 116 valence electrons. The number of carbonyl (C=O) groups is 2. The second-order valence-electron chi connectivity index (χ2n) is 5.59. The summed E-state index contributed by atoms with van der Waals surface area (Å²) in [7, 11) is 0. The third-order valence-corrected chi connectivity index (χ3v) is 2.91. The van der Waals surface area contributed by atoms with Crippen LogP contribution < -0.4 is 10.6 Å². The largest absolute Gasteiger partial charge is 0.444 e. The molecule has 0 aliphatic carbocycles. The molecule has 0 heterocycles. The number of hydrogen-bond donors (Lipinski definition) is 2. The lowest BCUT2D eigenvalue weighted by Crippen LogP contribution is -2.40. The first kappa shape index (κ1) is 17.5. The van der Waals surface area contributed by atoms with Gasteiger partial charge in [-0.3, -0.25) is 4.79 Å². The van der Waals surface area contributed by atoms with Gasteiger partial charge in [0.2, 0.25) is 5.91 Å². The SMILES string of the molecule is CC(C)(C)OC(=O)NCC(=O)NCCc1cccc(Br)c1. The minimum absolute atomic E-state index is 0.0899. The molecule has 0 bridgehead atoms. The highest BCUT2D eigenvalue weighted by molar-refractivity contribution is 9.10. The number of hydrogen-bond acceptors (Lipinski definition) is 3. The van der Waals surface area contributed by atoms with Gasteiger partial charge in [0.25, 0.3) is 0 Å². The molecule has 0 saturated carbocycles. The zero-order valence-electron chi connectivity index (χ0n) is 12.5. The summed E-state index contributed by atoms with van der Waals surface area (Å²) in [6.07, 6.45) is 0.141. The number of halogens is 1. The van der Waals surface area contributed by atoms with Crippen LogP contribution in [0.5, 0.6) is 0 Å². The van der Waals surface area contributed by atoms with Crippen molar-refractivity contribution < 1.29 is 14.3 Å². The molecule has 1 aromatic rings. The van der Waals surface area contributed by atoms with E-state index in [-0.39, 0.29) is 12.5 Å². The molecule has 0 aliphatic heterocycles. The van der Waals surface area contributed by atoms with Crippen LogP contribution >= 0.6 is 15.9 Å². The summed E-state index contributed by atoms with van der Waals surface area (Å²) in [4.78, 5) is 23.0. The Kier molecular flexibility index (Phi) is 6.68. The van der Waals surface area contributed by atoms with Gasteiger partial charge in [-0.2, -0.15) is 0 Å². The summed E-state index contributed by atoms with van der Waals surface area (Å²) in [5.41, 5.74) is 0.561. The zero-order valence-corrected chi connectivity index (χ0v) is 14.1. The normalized spacial score (nSPS) is 10.9. The van der Waals surface area contributed by atoms with Crippen LogP contribution in [0.2, 0.25) is 0 Å². The van der Waals surface area contributed by atoms with Gasteiger partial charge in [0.05, 0.1) is 6.54 Å². The van der Waals surface area contributed by atoms with E-state index in [1.807, 2.05) is 24.3 Å². The van der Waals surface area contributed by atoms with Crippen molar-refractivity contribution in [3.8, 4) is 0 Å². The molecule has 2 N–H and O–H groups in total. The Hall–Kier alpha value is -1.56. The molecule has 5 nitrogen and oxygen atoms in total. The number of carbonyl (C=O) groups excluding carboxylic acids is 2. The van der Waals surface area contributed by atoms with Crippen LogP contribution in [-0.4, -0.2) is 30.7 Å². The summed E-state index contributed by atoms with van der Waals surface area (Å²) in [5.74, 6) is -0.240. The van der Waals surface area contributed by atoms with Crippen LogP contribution in [0.4, 0.5) is 4.79 Å². The summed E-state index contributed by atoms with van der Waals surface area (Å²) in [6.45, 7) is 5.73. The van der Waals surface area contributed by atoms with Gasteiger partial charge in [-0.15, -0.1) is 0 Å². The first-order chi connectivity index (χ1) is 9.76. The Morgan fingerprint density at radius 2 is 1.95 bits per heavy atom. The second kappa shape index (κ2) is 8.02. The van der Waals surface area contributed by atoms with E-state index in [2.05, 4.69) is 26.6 Å². The molecule has 0 spiro atoms. The lowest BCUT2D eigenvalue weighted by molar-refractivity contribution is -0.120. The predicted octanol–water partition coefficient (Wildman–Crippen LogP) is 2.63. The molecule has 0 fully saturated rings. The molecule has 0 saturated heterocycles. The maximum absolute atomic E-state index is 11.6. The maximum atomic E-state index is 11.6. The highest BCUT2D eigenvalue weighted by atomic mass is 79.9. The number of benzene rings is 1. The first-order valence-corrected chi connectivity index (χ1v) is 7.53. The van der Waals surface area contributed by atoms with Crippen molar-refractivity contribution in [2.45, 2.75) is 32.8 Å². The number of ether oxygens (including phenoxy) is 1. The average molecular weight is 357 g/mol. The van der Waals surface area contributed by atoms with Crippen LogP contribution in [0.15, 0.2) is 28.7 Å². The van der Waals surface area contributed by atoms with Crippen LogP contribution in [0.3, 0.4) is 0 Å². The van der Waals surface area contributed by atoms with E-state index in [4.69, 9.17) is 4.74 Å². The molecule has 0 atom stereocenters. The van der Waals surface area contributed by atoms with Crippen molar-refractivity contribution >= 4 is 27.9 Å². The minimum atomic E-state index is -0.593. The first-order valence-electron chi connectivity index (χ1n) is 6.74. The number of alkyl carbamates (subject to hydrolysis) is 1. The van der Waals surface area contributed by atoms with Gasteiger partial charge in [-0.05, 0) is 44.9 Å². The van der Waals surface area contributed by atoms with Gasteiger partial charge in [0, 0.05) is 11.0 Å². The monoisotopic (exact) mass is 356 g/mol. The zero-order chi connectivity index (χ0) is 15.9. The van der Waals surface area contributed by atoms with Gasteiger partial charge in [0.1, 0.15) is 5.60 Å². The Balaban J connectivity index is 2.21. The van der Waals surface area contributed by atoms with Crippen molar-refractivity contribution in [2.24, 2.45) is 0 Å². The molecule has 0 radical (unpaired) electrons. The molecule has 6 heteroatoms. The Labute approximate surface area is 133 Å². The van der Waals surface area contributed by atoms with Gasteiger partial charge in [0.15, 0.2) is 0 Å². The minimum Gasteiger partial charge on any atom is -0.444 e. The Morgan fingerprint density at radius 3 is 2.57 bits per heavy atom. The summed E-state index contributed by atoms with van der Waals surface area (Å²) in [6, 6.07) is 7.90. The lowest BCUT2D eigenvalue weighted by Gasteiger charge is -2.19. The van der Waals surface area contributed by atoms with Gasteiger partial charge >= 0.3 is 6.09 Å². The van der Waals surface area contributed by atoms with E-state index in [9.17, 15) is 9.59 Å². The molecular weight excluding hydrogens is 336 g/mol. The Morgan fingerprint density at radius 1 is 1.24 bits per heavy atom. The van der Waals surface area contributed by atoms with Crippen molar-refractivity contribution in [3.63, 3.8) is 0 Å². The fourth-order valence-corrected chi connectivity index (χ4v) is 2.01. The van der Waals surface area contributed by atoms with Gasteiger partial charge in [-0.1, -0.05) is 28.1 Å². The van der Waals surface area contributed by atoms with Crippen LogP contribution in [-0.2, 0) is 16.0 Å². The molecule has 1 rings (SSSR count). The van der Waals surface area contributed by atoms with Crippen molar-refractivity contribution in [3.05, 3.63) is 34.3 Å². The van der Waals surface area contributed by atoms with E-state index in [0.717, 1.165) is 16.5 Å². The molecule has 1 aromatic carbocycles. The quantitative estimate of drug-likeness (QED) is 0.851. The van der Waals surface area contributed by atoms with Gasteiger partial charge < -0.3 is 15.4 Å². The predicted molar refractivity (Wildman–Crippen MR) is 85.1 cm³/mol. The molecule has 21 heavy (non-hydrogen) atoms. The Bertz CT molecular complexity index is 498. The molecule has 0 aromatic heterocycles. The number of nitrogens with one attached hydrogen (secondary N) is 2. The summed E-state index contributed by atoms with van der Waals surface area (Å²) in [5, 5.41) is 5.16. The number of amides is 2.